The van der Waals surface area contributed by atoms with Crippen molar-refractivity contribution >= 4 is 5.78 Å². The largest absolute Gasteiger partial charge is 0.487 e. The van der Waals surface area contributed by atoms with Gasteiger partial charge in [-0.25, -0.2) is 4.89 Å². The van der Waals surface area contributed by atoms with Crippen molar-refractivity contribution in [3.63, 3.8) is 0 Å². The first-order valence-electron chi connectivity index (χ1n) is 28.8. The molecule has 0 amide bonds. The monoisotopic (exact) mass is 972 g/mol. The SMILES string of the molecule is CC1=C(C)C2(OOC(C)(C#N)CC(C)C)OC(C)(CCCC(C)CCCC(C)CCCC(C)C)CCC2=C(Oc2cc3c(c(C)c2C)OC(C)(CCCC(C)CCCC(C)CCCC(C)C)CC3)C1=O. The molecule has 3 aliphatic rings. The van der Waals surface area contributed by atoms with Crippen molar-refractivity contribution < 1.29 is 28.8 Å². The van der Waals surface area contributed by atoms with Crippen LogP contribution in [-0.4, -0.2) is 28.4 Å². The van der Waals surface area contributed by atoms with E-state index in [4.69, 9.17) is 24.0 Å². The van der Waals surface area contributed by atoms with Crippen molar-refractivity contribution in [1.82, 2.24) is 0 Å². The molecule has 2 heterocycles. The first-order valence-corrected chi connectivity index (χ1v) is 28.8. The van der Waals surface area contributed by atoms with Crippen LogP contribution < -0.4 is 9.47 Å². The van der Waals surface area contributed by atoms with Gasteiger partial charge in [0.2, 0.25) is 5.78 Å². The minimum absolute atomic E-state index is 0.170. The molecular formula is C63H105NO6. The maximum atomic E-state index is 14.6. The summed E-state index contributed by atoms with van der Waals surface area (Å²) >= 11 is 0. The van der Waals surface area contributed by atoms with E-state index in [1.807, 2.05) is 13.8 Å². The zero-order chi connectivity index (χ0) is 52.0. The van der Waals surface area contributed by atoms with Crippen molar-refractivity contribution in [1.29, 1.82) is 5.26 Å². The highest BCUT2D eigenvalue weighted by atomic mass is 17.2. The average molecular weight is 973 g/mol. The van der Waals surface area contributed by atoms with Gasteiger partial charge in [0.1, 0.15) is 23.2 Å². The number of hydrogen-bond acceptors (Lipinski definition) is 7. The Kier molecular flexibility index (Phi) is 23.1. The Morgan fingerprint density at radius 2 is 1.13 bits per heavy atom. The van der Waals surface area contributed by atoms with Crippen molar-refractivity contribution in [2.75, 3.05) is 0 Å². The van der Waals surface area contributed by atoms with Gasteiger partial charge in [0, 0.05) is 11.1 Å². The smallest absolute Gasteiger partial charge is 0.251 e. The van der Waals surface area contributed by atoms with Gasteiger partial charge in [-0.1, -0.05) is 166 Å². The number of benzene rings is 1. The van der Waals surface area contributed by atoms with Crippen LogP contribution in [0, 0.1) is 66.6 Å². The third-order valence-electron chi connectivity index (χ3n) is 16.8. The van der Waals surface area contributed by atoms with Gasteiger partial charge < -0.3 is 14.2 Å². The Morgan fingerprint density at radius 1 is 0.657 bits per heavy atom. The van der Waals surface area contributed by atoms with Crippen molar-refractivity contribution in [2.45, 2.75) is 288 Å². The summed E-state index contributed by atoms with van der Waals surface area (Å²) in [6.45, 7) is 37.3. The molecule has 1 aliphatic carbocycles. The number of allylic oxidation sites excluding steroid dienone is 1. The van der Waals surface area contributed by atoms with Gasteiger partial charge in [0.25, 0.3) is 5.79 Å². The summed E-state index contributed by atoms with van der Waals surface area (Å²) in [5.41, 5.74) is 2.89. The lowest BCUT2D eigenvalue weighted by Crippen LogP contribution is -2.55. The summed E-state index contributed by atoms with van der Waals surface area (Å²) in [4.78, 5) is 27.4. The standard InChI is InChI=1S/C63H105NO6/c1-43(2)24-18-26-46(7)28-20-30-48(9)32-22-36-60(15)38-34-54-40-56(50(11)51(12)58(54)67-60)66-59-55-35-39-61(16,37-23-33-49(10)31-21-29-47(8)27-19-25-44(3)4)68-63(55,53(14)52(13)57(59)65)70-69-62(17,42-64)41-45(5)6/h40,43-49H,18-39,41H2,1-17H3. The van der Waals surface area contributed by atoms with Gasteiger partial charge in [-0.3, -0.25) is 4.79 Å². The minimum atomic E-state index is -1.53. The van der Waals surface area contributed by atoms with Gasteiger partial charge >= 0.3 is 0 Å². The average Bonchev–Trinajstić information content (AvgIpc) is 3.28. The number of fused-ring (bicyclic) bond motifs is 2. The molecule has 398 valence electrons. The van der Waals surface area contributed by atoms with E-state index in [9.17, 15) is 10.1 Å². The molecule has 0 spiro atoms. The zero-order valence-electron chi connectivity index (χ0n) is 48.3. The van der Waals surface area contributed by atoms with E-state index in [1.54, 1.807) is 6.92 Å². The van der Waals surface area contributed by atoms with E-state index in [1.165, 1.54) is 89.9 Å². The highest BCUT2D eigenvalue weighted by Gasteiger charge is 2.56. The van der Waals surface area contributed by atoms with E-state index in [0.717, 1.165) is 90.6 Å². The molecule has 1 aromatic rings. The van der Waals surface area contributed by atoms with E-state index in [0.29, 0.717) is 47.6 Å². The number of rotatable bonds is 31. The fraction of sp³-hybridized carbons (Fsp3) is 0.810. The molecule has 7 nitrogen and oxygen atoms in total. The molecule has 4 rings (SSSR count). The second-order valence-electron chi connectivity index (χ2n) is 25.6. The van der Waals surface area contributed by atoms with Crippen LogP contribution in [-0.2, 0) is 25.7 Å². The van der Waals surface area contributed by atoms with Crippen LogP contribution in [0.15, 0.2) is 28.5 Å². The highest BCUT2D eigenvalue weighted by Crippen LogP contribution is 2.52. The van der Waals surface area contributed by atoms with Crippen LogP contribution in [0.4, 0.5) is 0 Å². The van der Waals surface area contributed by atoms with Crippen LogP contribution >= 0.6 is 0 Å². The third kappa shape index (κ3) is 17.2. The van der Waals surface area contributed by atoms with E-state index in [-0.39, 0.29) is 23.1 Å². The highest BCUT2D eigenvalue weighted by molar-refractivity contribution is 6.09. The van der Waals surface area contributed by atoms with Gasteiger partial charge in [0.15, 0.2) is 11.4 Å². The molecule has 7 heteroatoms. The fourth-order valence-corrected chi connectivity index (χ4v) is 11.7. The Labute approximate surface area is 430 Å². The Bertz CT molecular complexity index is 1940. The summed E-state index contributed by atoms with van der Waals surface area (Å²) in [6, 6.07) is 4.47. The molecule has 1 saturated heterocycles. The summed E-state index contributed by atoms with van der Waals surface area (Å²) in [6.07, 6.45) is 25.9. The second kappa shape index (κ2) is 27.0. The predicted octanol–water partition coefficient (Wildman–Crippen LogP) is 18.4. The Morgan fingerprint density at radius 3 is 1.61 bits per heavy atom. The number of aryl methyl sites for hydroxylation is 1. The number of carbonyl (C=O) groups is 1. The van der Waals surface area contributed by atoms with Gasteiger partial charge in [-0.2, -0.15) is 10.1 Å². The maximum absolute atomic E-state index is 14.6. The lowest BCUT2D eigenvalue weighted by atomic mass is 9.77. The van der Waals surface area contributed by atoms with Crippen LogP contribution in [0.5, 0.6) is 11.5 Å². The number of ketones is 1. The summed E-state index contributed by atoms with van der Waals surface area (Å²) in [5.74, 6) is 4.92. The summed E-state index contributed by atoms with van der Waals surface area (Å²) < 4.78 is 21.2. The Balaban J connectivity index is 1.50. The number of nitrogens with zero attached hydrogens (tertiary/aromatic N) is 1. The van der Waals surface area contributed by atoms with Crippen LogP contribution in [0.1, 0.15) is 262 Å². The van der Waals surface area contributed by atoms with Gasteiger partial charge in [-0.15, -0.1) is 0 Å². The summed E-state index contributed by atoms with van der Waals surface area (Å²) in [7, 11) is 0. The molecule has 1 fully saturated rings. The molecule has 70 heavy (non-hydrogen) atoms. The van der Waals surface area contributed by atoms with Gasteiger partial charge in [0.05, 0.1) is 5.60 Å². The number of nitriles is 1. The first kappa shape index (κ1) is 59.9. The van der Waals surface area contributed by atoms with E-state index >= 15 is 0 Å². The number of ether oxygens (including phenoxy) is 3. The van der Waals surface area contributed by atoms with E-state index < -0.39 is 17.0 Å². The molecule has 2 aliphatic heterocycles. The molecule has 0 aromatic heterocycles. The predicted molar refractivity (Wildman–Crippen MR) is 291 cm³/mol. The summed E-state index contributed by atoms with van der Waals surface area (Å²) in [5, 5.41) is 10.4. The molecule has 0 bridgehead atoms. The van der Waals surface area contributed by atoms with Crippen LogP contribution in [0.25, 0.3) is 0 Å². The Hall–Kier alpha value is -2.66. The topological polar surface area (TPSA) is 87.0 Å². The molecule has 1 aromatic carbocycles. The number of Topliss-reactive ketones (excluding diaryl/α,β-unsaturated/α-hetero) is 1. The molecule has 0 N–H and O–H groups in total. The fourth-order valence-electron chi connectivity index (χ4n) is 11.7. The first-order chi connectivity index (χ1) is 32.8. The van der Waals surface area contributed by atoms with Crippen LogP contribution in [0.2, 0.25) is 0 Å². The lowest BCUT2D eigenvalue weighted by molar-refractivity contribution is -0.453. The van der Waals surface area contributed by atoms with E-state index in [2.05, 4.69) is 109 Å². The zero-order valence-corrected chi connectivity index (χ0v) is 48.3. The normalized spacial score (nSPS) is 24.3. The molecule has 8 atom stereocenters. The van der Waals surface area contributed by atoms with Gasteiger partial charge in [-0.05, 0) is 170 Å². The van der Waals surface area contributed by atoms with Crippen LogP contribution in [0.3, 0.4) is 0 Å². The molecular weight excluding hydrogens is 867 g/mol. The van der Waals surface area contributed by atoms with Crippen molar-refractivity contribution in [3.05, 3.63) is 45.2 Å². The maximum Gasteiger partial charge on any atom is 0.251 e. The molecule has 8 unspecified atom stereocenters. The second-order valence-corrected chi connectivity index (χ2v) is 25.6. The van der Waals surface area contributed by atoms with Crippen molar-refractivity contribution in [3.8, 4) is 17.6 Å². The number of hydrogen-bond donors (Lipinski definition) is 0. The minimum Gasteiger partial charge on any atom is -0.487 e. The van der Waals surface area contributed by atoms with Crippen molar-refractivity contribution in [2.24, 2.45) is 41.4 Å². The quantitative estimate of drug-likeness (QED) is 0.0541. The molecule has 0 saturated carbocycles. The third-order valence-corrected chi connectivity index (χ3v) is 16.8. The lowest BCUT2D eigenvalue weighted by Gasteiger charge is -2.50. The number of carbonyl (C=O) groups excluding carboxylic acids is 1. The molecule has 0 radical (unpaired) electrons.